The summed E-state index contributed by atoms with van der Waals surface area (Å²) in [6, 6.07) is 27.5. The van der Waals surface area contributed by atoms with Crippen LogP contribution in [0.15, 0.2) is 97.5 Å². The molecule has 0 amide bonds. The number of rotatable bonds is 7. The first-order valence-electron chi connectivity index (χ1n) is 9.82. The molecule has 1 aromatic heterocycles. The van der Waals surface area contributed by atoms with Gasteiger partial charge in [-0.05, 0) is 53.3 Å². The molecule has 29 heavy (non-hydrogen) atoms. The molecule has 0 unspecified atom stereocenters. The molecule has 4 aromatic rings. The molecule has 0 aliphatic rings. The van der Waals surface area contributed by atoms with Gasteiger partial charge in [-0.25, -0.2) is 9.37 Å². The third-order valence-corrected chi connectivity index (χ3v) is 5.00. The molecule has 3 heteroatoms. The maximum atomic E-state index is 13.5. The van der Waals surface area contributed by atoms with E-state index < -0.39 is 0 Å². The van der Waals surface area contributed by atoms with E-state index in [1.54, 1.807) is 0 Å². The first-order valence-corrected chi connectivity index (χ1v) is 9.82. The fraction of sp³-hybridized carbons (Fsp3) is 0.115. The third-order valence-electron chi connectivity index (χ3n) is 5.00. The molecule has 0 spiro atoms. The molecule has 0 atom stereocenters. The summed E-state index contributed by atoms with van der Waals surface area (Å²) in [4.78, 5) is 4.36. The highest BCUT2D eigenvalue weighted by Crippen LogP contribution is 2.24. The van der Waals surface area contributed by atoms with Crippen molar-refractivity contribution in [2.75, 3.05) is 0 Å². The van der Waals surface area contributed by atoms with Crippen molar-refractivity contribution < 1.29 is 4.39 Å². The van der Waals surface area contributed by atoms with E-state index in [4.69, 9.17) is 0 Å². The van der Waals surface area contributed by atoms with Crippen molar-refractivity contribution in [1.29, 1.82) is 0 Å². The molecule has 0 radical (unpaired) electrons. The minimum Gasteiger partial charge on any atom is -0.327 e. The minimum absolute atomic E-state index is 0.217. The summed E-state index contributed by atoms with van der Waals surface area (Å²) < 4.78 is 15.6. The Balaban J connectivity index is 1.63. The molecule has 0 saturated carbocycles. The number of halogens is 1. The Labute approximate surface area is 171 Å². The van der Waals surface area contributed by atoms with Crippen molar-refractivity contribution in [3.63, 3.8) is 0 Å². The van der Waals surface area contributed by atoms with Crippen LogP contribution >= 0.6 is 0 Å². The largest absolute Gasteiger partial charge is 0.327 e. The molecular weight excluding hydrogens is 359 g/mol. The molecule has 0 N–H and O–H groups in total. The van der Waals surface area contributed by atoms with Crippen molar-refractivity contribution in [3.05, 3.63) is 126 Å². The van der Waals surface area contributed by atoms with Crippen LogP contribution in [0.4, 0.5) is 4.39 Å². The van der Waals surface area contributed by atoms with E-state index in [1.165, 1.54) is 28.8 Å². The number of benzene rings is 3. The average Bonchev–Trinajstić information content (AvgIpc) is 3.20. The van der Waals surface area contributed by atoms with Crippen LogP contribution in [0, 0.1) is 5.82 Å². The second-order valence-electron chi connectivity index (χ2n) is 7.09. The van der Waals surface area contributed by atoms with E-state index in [2.05, 4.69) is 52.0 Å². The Kier molecular flexibility index (Phi) is 5.96. The molecule has 0 bridgehead atoms. The lowest BCUT2D eigenvalue weighted by molar-refractivity contribution is 0.627. The van der Waals surface area contributed by atoms with Crippen LogP contribution in [-0.4, -0.2) is 9.55 Å². The summed E-state index contributed by atoms with van der Waals surface area (Å²) in [5.74, 6) is -0.217. The molecule has 2 nitrogen and oxygen atoms in total. The average molecular weight is 382 g/mol. The maximum Gasteiger partial charge on any atom is 0.123 e. The molecule has 4 rings (SSSR count). The van der Waals surface area contributed by atoms with Crippen molar-refractivity contribution >= 4 is 11.6 Å². The third kappa shape index (κ3) is 5.08. The summed E-state index contributed by atoms with van der Waals surface area (Å²) in [6.45, 7) is 0.766. The van der Waals surface area contributed by atoms with Crippen LogP contribution in [0.1, 0.15) is 28.8 Å². The molecule has 0 aliphatic heterocycles. The van der Waals surface area contributed by atoms with Crippen LogP contribution in [-0.2, 0) is 13.0 Å². The quantitative estimate of drug-likeness (QED) is 0.370. The molecular formula is C26H23FN2. The zero-order chi connectivity index (χ0) is 19.9. The zero-order valence-corrected chi connectivity index (χ0v) is 16.2. The van der Waals surface area contributed by atoms with Crippen LogP contribution in [0.25, 0.3) is 11.6 Å². The van der Waals surface area contributed by atoms with E-state index >= 15 is 0 Å². The zero-order valence-electron chi connectivity index (χ0n) is 16.2. The lowest BCUT2D eigenvalue weighted by Crippen LogP contribution is -2.00. The number of aryl methyl sites for hydroxylation is 1. The Hall–Kier alpha value is -3.46. The number of hydrogen-bond donors (Lipinski definition) is 0. The van der Waals surface area contributed by atoms with Gasteiger partial charge in [0.25, 0.3) is 0 Å². The van der Waals surface area contributed by atoms with Crippen LogP contribution in [0.3, 0.4) is 0 Å². The fourth-order valence-electron chi connectivity index (χ4n) is 3.43. The van der Waals surface area contributed by atoms with Gasteiger partial charge in [0.15, 0.2) is 0 Å². The highest BCUT2D eigenvalue weighted by Gasteiger charge is 2.07. The predicted molar refractivity (Wildman–Crippen MR) is 117 cm³/mol. The highest BCUT2D eigenvalue weighted by atomic mass is 19.1. The topological polar surface area (TPSA) is 17.8 Å². The monoisotopic (exact) mass is 382 g/mol. The molecule has 0 aliphatic carbocycles. The van der Waals surface area contributed by atoms with Gasteiger partial charge in [0, 0.05) is 6.54 Å². The Morgan fingerprint density at radius 1 is 0.828 bits per heavy atom. The van der Waals surface area contributed by atoms with Crippen molar-refractivity contribution in [1.82, 2.24) is 9.55 Å². The second-order valence-corrected chi connectivity index (χ2v) is 7.09. The molecule has 3 aromatic carbocycles. The number of aromatic nitrogens is 2. The van der Waals surface area contributed by atoms with Crippen molar-refractivity contribution in [2.45, 2.75) is 19.4 Å². The number of nitrogens with zero attached hydrogens (tertiary/aromatic N) is 2. The summed E-state index contributed by atoms with van der Waals surface area (Å²) in [7, 11) is 0. The van der Waals surface area contributed by atoms with E-state index in [0.717, 1.165) is 30.6 Å². The summed E-state index contributed by atoms with van der Waals surface area (Å²) >= 11 is 0. The minimum atomic E-state index is -0.217. The lowest BCUT2D eigenvalue weighted by atomic mass is 9.97. The highest BCUT2D eigenvalue weighted by molar-refractivity contribution is 5.80. The van der Waals surface area contributed by atoms with Gasteiger partial charge in [0.05, 0.1) is 18.2 Å². The van der Waals surface area contributed by atoms with E-state index in [9.17, 15) is 4.39 Å². The van der Waals surface area contributed by atoms with Crippen molar-refractivity contribution in [3.8, 4) is 0 Å². The molecule has 144 valence electrons. The molecule has 1 heterocycles. The number of hydrogen-bond acceptors (Lipinski definition) is 1. The fourth-order valence-corrected chi connectivity index (χ4v) is 3.43. The standard InChI is InChI=1S/C26H23FN2/c27-25-15-13-23(14-16-25)24(12-11-21-7-3-1-4-8-21)17-26-18-28-20-29(26)19-22-9-5-2-6-10-22/h1-10,13-18,20H,11-12,19H2. The van der Waals surface area contributed by atoms with Gasteiger partial charge < -0.3 is 4.57 Å². The molecule has 0 fully saturated rings. The molecule has 0 saturated heterocycles. The SMILES string of the molecule is Fc1ccc(C(=Cc2cncn2Cc2ccccc2)CCc2ccccc2)cc1. The summed E-state index contributed by atoms with van der Waals surface area (Å²) in [5.41, 5.74) is 5.77. The van der Waals surface area contributed by atoms with Gasteiger partial charge in [0.1, 0.15) is 5.82 Å². The van der Waals surface area contributed by atoms with E-state index in [0.29, 0.717) is 0 Å². The maximum absolute atomic E-state index is 13.5. The lowest BCUT2D eigenvalue weighted by Gasteiger charge is -2.11. The first-order chi connectivity index (χ1) is 14.3. The number of allylic oxidation sites excluding steroid dienone is 1. The Bertz CT molecular complexity index is 1060. The smallest absolute Gasteiger partial charge is 0.123 e. The first kappa shape index (κ1) is 18.9. The van der Waals surface area contributed by atoms with E-state index in [-0.39, 0.29) is 5.82 Å². The van der Waals surface area contributed by atoms with Crippen LogP contribution in [0.2, 0.25) is 0 Å². The predicted octanol–water partition coefficient (Wildman–Crippen LogP) is 6.24. The van der Waals surface area contributed by atoms with Gasteiger partial charge in [-0.15, -0.1) is 0 Å². The normalized spacial score (nSPS) is 11.6. The number of imidazole rings is 1. The van der Waals surface area contributed by atoms with Gasteiger partial charge in [-0.3, -0.25) is 0 Å². The van der Waals surface area contributed by atoms with E-state index in [1.807, 2.05) is 48.9 Å². The van der Waals surface area contributed by atoms with Crippen LogP contribution < -0.4 is 0 Å². The second kappa shape index (κ2) is 9.16. The Morgan fingerprint density at radius 3 is 2.17 bits per heavy atom. The van der Waals surface area contributed by atoms with Gasteiger partial charge in [0.2, 0.25) is 0 Å². The van der Waals surface area contributed by atoms with Gasteiger partial charge in [-0.2, -0.15) is 0 Å². The van der Waals surface area contributed by atoms with Gasteiger partial charge >= 0.3 is 0 Å². The van der Waals surface area contributed by atoms with Crippen molar-refractivity contribution in [2.24, 2.45) is 0 Å². The summed E-state index contributed by atoms with van der Waals surface area (Å²) in [6.07, 6.45) is 7.71. The Morgan fingerprint density at radius 2 is 1.48 bits per heavy atom. The summed E-state index contributed by atoms with van der Waals surface area (Å²) in [5, 5.41) is 0. The van der Waals surface area contributed by atoms with Crippen LogP contribution in [0.5, 0.6) is 0 Å². The van der Waals surface area contributed by atoms with Gasteiger partial charge in [-0.1, -0.05) is 72.8 Å².